The van der Waals surface area contributed by atoms with E-state index in [1.165, 1.54) is 7.11 Å². The predicted octanol–water partition coefficient (Wildman–Crippen LogP) is 1.52. The maximum atomic E-state index is 12.3. The standard InChI is InChI=1S/C12H15ClN2O2/c1-17-11-3-2-8(13)6-10(11)12(16)15-5-4-9(14)7-15/h2-3,6,9H,4-5,7,14H2,1H3. The van der Waals surface area contributed by atoms with Crippen molar-refractivity contribution in [3.63, 3.8) is 0 Å². The lowest BCUT2D eigenvalue weighted by Gasteiger charge is -2.17. The summed E-state index contributed by atoms with van der Waals surface area (Å²) in [6.45, 7) is 1.28. The van der Waals surface area contributed by atoms with E-state index in [4.69, 9.17) is 22.1 Å². The van der Waals surface area contributed by atoms with Crippen LogP contribution in [-0.4, -0.2) is 37.0 Å². The van der Waals surface area contributed by atoms with Gasteiger partial charge >= 0.3 is 0 Å². The zero-order valence-electron chi connectivity index (χ0n) is 9.65. The minimum Gasteiger partial charge on any atom is -0.496 e. The van der Waals surface area contributed by atoms with Gasteiger partial charge in [0.2, 0.25) is 0 Å². The van der Waals surface area contributed by atoms with E-state index in [1.54, 1.807) is 23.1 Å². The number of amides is 1. The third-order valence-electron chi connectivity index (χ3n) is 2.90. The van der Waals surface area contributed by atoms with Gasteiger partial charge in [0.1, 0.15) is 5.75 Å². The Morgan fingerprint density at radius 3 is 2.94 bits per heavy atom. The van der Waals surface area contributed by atoms with E-state index in [0.717, 1.165) is 6.42 Å². The number of nitrogens with two attached hydrogens (primary N) is 1. The Bertz CT molecular complexity index is 437. The minimum absolute atomic E-state index is 0.0719. The fraction of sp³-hybridized carbons (Fsp3) is 0.417. The van der Waals surface area contributed by atoms with Crippen molar-refractivity contribution < 1.29 is 9.53 Å². The summed E-state index contributed by atoms with van der Waals surface area (Å²) in [5.74, 6) is 0.470. The van der Waals surface area contributed by atoms with Crippen molar-refractivity contribution >= 4 is 17.5 Å². The van der Waals surface area contributed by atoms with E-state index < -0.39 is 0 Å². The van der Waals surface area contributed by atoms with Crippen molar-refractivity contribution in [1.82, 2.24) is 4.90 Å². The second kappa shape index (κ2) is 4.94. The third kappa shape index (κ3) is 2.53. The van der Waals surface area contributed by atoms with Crippen LogP contribution in [0.15, 0.2) is 18.2 Å². The Kier molecular flexibility index (Phi) is 3.54. The van der Waals surface area contributed by atoms with Crippen LogP contribution in [0.5, 0.6) is 5.75 Å². The molecule has 1 aliphatic heterocycles. The van der Waals surface area contributed by atoms with Crippen LogP contribution < -0.4 is 10.5 Å². The maximum absolute atomic E-state index is 12.3. The van der Waals surface area contributed by atoms with Gasteiger partial charge in [0.05, 0.1) is 12.7 Å². The first kappa shape index (κ1) is 12.2. The molecular weight excluding hydrogens is 240 g/mol. The Morgan fingerprint density at radius 2 is 2.35 bits per heavy atom. The number of carbonyl (C=O) groups is 1. The van der Waals surface area contributed by atoms with Gasteiger partial charge in [-0.2, -0.15) is 0 Å². The predicted molar refractivity (Wildman–Crippen MR) is 66.5 cm³/mol. The summed E-state index contributed by atoms with van der Waals surface area (Å²) in [7, 11) is 1.54. The third-order valence-corrected chi connectivity index (χ3v) is 3.14. The highest BCUT2D eigenvalue weighted by Crippen LogP contribution is 2.25. The Labute approximate surface area is 105 Å². The fourth-order valence-corrected chi connectivity index (χ4v) is 2.16. The molecule has 0 saturated carbocycles. The van der Waals surface area contributed by atoms with Gasteiger partial charge in [-0.25, -0.2) is 0 Å². The summed E-state index contributed by atoms with van der Waals surface area (Å²) >= 11 is 5.90. The highest BCUT2D eigenvalue weighted by atomic mass is 35.5. The average molecular weight is 255 g/mol. The number of carbonyl (C=O) groups excluding carboxylic acids is 1. The Morgan fingerprint density at radius 1 is 1.59 bits per heavy atom. The van der Waals surface area contributed by atoms with Crippen LogP contribution in [0.25, 0.3) is 0 Å². The molecule has 0 spiro atoms. The normalized spacial score (nSPS) is 19.5. The molecule has 1 fully saturated rings. The van der Waals surface area contributed by atoms with E-state index in [1.807, 2.05) is 0 Å². The molecule has 0 aromatic heterocycles. The second-order valence-corrected chi connectivity index (χ2v) is 4.58. The van der Waals surface area contributed by atoms with E-state index in [0.29, 0.717) is 29.4 Å². The molecule has 17 heavy (non-hydrogen) atoms. The summed E-state index contributed by atoms with van der Waals surface area (Å²) in [6, 6.07) is 5.11. The molecule has 2 N–H and O–H groups in total. The number of benzene rings is 1. The zero-order chi connectivity index (χ0) is 12.4. The van der Waals surface area contributed by atoms with Crippen LogP contribution >= 0.6 is 11.6 Å². The summed E-state index contributed by atoms with van der Waals surface area (Å²) in [6.07, 6.45) is 0.842. The molecule has 1 atom stereocenters. The van der Waals surface area contributed by atoms with Gasteiger partial charge < -0.3 is 15.4 Å². The Balaban J connectivity index is 2.26. The number of rotatable bonds is 2. The van der Waals surface area contributed by atoms with Gasteiger partial charge in [0.25, 0.3) is 5.91 Å². The minimum atomic E-state index is -0.0719. The monoisotopic (exact) mass is 254 g/mol. The van der Waals surface area contributed by atoms with E-state index in [9.17, 15) is 4.79 Å². The largest absolute Gasteiger partial charge is 0.496 e. The lowest BCUT2D eigenvalue weighted by Crippen LogP contribution is -2.32. The second-order valence-electron chi connectivity index (χ2n) is 4.14. The number of methoxy groups -OCH3 is 1. The van der Waals surface area contributed by atoms with Crippen molar-refractivity contribution in [2.75, 3.05) is 20.2 Å². The first-order valence-electron chi connectivity index (χ1n) is 5.50. The zero-order valence-corrected chi connectivity index (χ0v) is 10.4. The number of nitrogens with zero attached hydrogens (tertiary/aromatic N) is 1. The summed E-state index contributed by atoms with van der Waals surface area (Å²) < 4.78 is 5.17. The van der Waals surface area contributed by atoms with Crippen LogP contribution in [0.2, 0.25) is 5.02 Å². The molecule has 5 heteroatoms. The lowest BCUT2D eigenvalue weighted by atomic mass is 10.1. The molecule has 2 rings (SSSR count). The van der Waals surface area contributed by atoms with E-state index in [-0.39, 0.29) is 11.9 Å². The van der Waals surface area contributed by atoms with Crippen LogP contribution in [0, 0.1) is 0 Å². The first-order valence-corrected chi connectivity index (χ1v) is 5.88. The fourth-order valence-electron chi connectivity index (χ4n) is 1.99. The molecular formula is C12H15ClN2O2. The smallest absolute Gasteiger partial charge is 0.257 e. The van der Waals surface area contributed by atoms with Gasteiger partial charge in [-0.05, 0) is 24.6 Å². The Hall–Kier alpha value is -1.26. The van der Waals surface area contributed by atoms with Crippen molar-refractivity contribution in [3.05, 3.63) is 28.8 Å². The van der Waals surface area contributed by atoms with Crippen molar-refractivity contribution in [1.29, 1.82) is 0 Å². The highest BCUT2D eigenvalue weighted by molar-refractivity contribution is 6.31. The molecule has 1 heterocycles. The first-order chi connectivity index (χ1) is 8.11. The van der Waals surface area contributed by atoms with Gasteiger partial charge in [0, 0.05) is 24.2 Å². The average Bonchev–Trinajstić information content (AvgIpc) is 2.75. The van der Waals surface area contributed by atoms with Crippen LogP contribution in [0.4, 0.5) is 0 Å². The topological polar surface area (TPSA) is 55.6 Å². The van der Waals surface area contributed by atoms with Crippen molar-refractivity contribution in [3.8, 4) is 5.75 Å². The number of hydrogen-bond acceptors (Lipinski definition) is 3. The summed E-state index contributed by atoms with van der Waals surface area (Å²) in [5.41, 5.74) is 6.28. The van der Waals surface area contributed by atoms with Gasteiger partial charge in [-0.15, -0.1) is 0 Å². The lowest BCUT2D eigenvalue weighted by molar-refractivity contribution is 0.0787. The molecule has 1 amide bonds. The number of likely N-dealkylation sites (tertiary alicyclic amines) is 1. The SMILES string of the molecule is COc1ccc(Cl)cc1C(=O)N1CCC(N)C1. The molecule has 92 valence electrons. The van der Waals surface area contributed by atoms with E-state index >= 15 is 0 Å². The molecule has 1 aliphatic rings. The molecule has 1 saturated heterocycles. The quantitative estimate of drug-likeness (QED) is 0.871. The molecule has 0 radical (unpaired) electrons. The highest BCUT2D eigenvalue weighted by Gasteiger charge is 2.26. The van der Waals surface area contributed by atoms with E-state index in [2.05, 4.69) is 0 Å². The molecule has 0 bridgehead atoms. The maximum Gasteiger partial charge on any atom is 0.257 e. The van der Waals surface area contributed by atoms with Gasteiger partial charge in [-0.1, -0.05) is 11.6 Å². The molecule has 1 unspecified atom stereocenters. The van der Waals surface area contributed by atoms with Crippen LogP contribution in [-0.2, 0) is 0 Å². The molecule has 1 aromatic rings. The van der Waals surface area contributed by atoms with Gasteiger partial charge in [-0.3, -0.25) is 4.79 Å². The molecule has 0 aliphatic carbocycles. The molecule has 1 aromatic carbocycles. The van der Waals surface area contributed by atoms with Crippen LogP contribution in [0.3, 0.4) is 0 Å². The number of ether oxygens (including phenoxy) is 1. The molecule has 4 nitrogen and oxygen atoms in total. The number of halogens is 1. The van der Waals surface area contributed by atoms with Crippen molar-refractivity contribution in [2.24, 2.45) is 5.73 Å². The van der Waals surface area contributed by atoms with Gasteiger partial charge in [0.15, 0.2) is 0 Å². The summed E-state index contributed by atoms with van der Waals surface area (Å²) in [5, 5.41) is 0.526. The van der Waals surface area contributed by atoms with Crippen LogP contribution in [0.1, 0.15) is 16.8 Å². The van der Waals surface area contributed by atoms with Crippen molar-refractivity contribution in [2.45, 2.75) is 12.5 Å². The number of hydrogen-bond donors (Lipinski definition) is 1. The summed E-state index contributed by atoms with van der Waals surface area (Å²) in [4.78, 5) is 14.0.